The Morgan fingerprint density at radius 3 is 2.11 bits per heavy atom. The molecule has 1 unspecified atom stereocenters. The smallest absolute Gasteiger partial charge is 0.240 e. The summed E-state index contributed by atoms with van der Waals surface area (Å²) in [4.78, 5) is 12.8. The first-order valence-corrected chi connectivity index (χ1v) is 11.3. The quantitative estimate of drug-likeness (QED) is 0.634. The van der Waals surface area contributed by atoms with Crippen LogP contribution in [-0.4, -0.2) is 21.4 Å². The number of carbonyl (C=O) groups excluding carboxylic acids is 1. The molecule has 2 rings (SSSR count). The highest BCUT2D eigenvalue weighted by Gasteiger charge is 2.22. The maximum Gasteiger partial charge on any atom is 0.240 e. The fourth-order valence-electron chi connectivity index (χ4n) is 3.35. The molecule has 0 spiro atoms. The van der Waals surface area contributed by atoms with Gasteiger partial charge in [0, 0.05) is 6.42 Å². The van der Waals surface area contributed by atoms with Crippen LogP contribution in [0.3, 0.4) is 0 Å². The molecule has 0 radical (unpaired) electrons. The zero-order valence-electron chi connectivity index (χ0n) is 16.8. The summed E-state index contributed by atoms with van der Waals surface area (Å²) in [5, 5.41) is 3.21. The molecular formula is C22H30N2O3S. The van der Waals surface area contributed by atoms with E-state index in [2.05, 4.69) is 36.0 Å². The molecular weight excluding hydrogens is 372 g/mol. The zero-order valence-corrected chi connectivity index (χ0v) is 17.6. The largest absolute Gasteiger partial charge is 0.349 e. The topological polar surface area (TPSA) is 75.3 Å². The van der Waals surface area contributed by atoms with Crippen molar-refractivity contribution in [2.75, 3.05) is 7.05 Å². The lowest BCUT2D eigenvalue weighted by Crippen LogP contribution is -2.33. The van der Waals surface area contributed by atoms with Gasteiger partial charge >= 0.3 is 0 Å². The molecule has 0 saturated heterocycles. The summed E-state index contributed by atoms with van der Waals surface area (Å²) in [6.07, 6.45) is 2.92. The average Bonchev–Trinajstić information content (AvgIpc) is 2.73. The molecule has 0 heterocycles. The van der Waals surface area contributed by atoms with Crippen molar-refractivity contribution in [2.24, 2.45) is 5.92 Å². The molecule has 2 aromatic carbocycles. The minimum absolute atomic E-state index is 0.00634. The van der Waals surface area contributed by atoms with Gasteiger partial charge in [0.25, 0.3) is 0 Å². The molecule has 2 N–H and O–H groups in total. The summed E-state index contributed by atoms with van der Waals surface area (Å²) < 4.78 is 25.9. The summed E-state index contributed by atoms with van der Waals surface area (Å²) in [5.74, 6) is 0.394. The van der Waals surface area contributed by atoms with Crippen LogP contribution < -0.4 is 10.0 Å². The third kappa shape index (κ3) is 5.91. The number of amides is 1. The van der Waals surface area contributed by atoms with Crippen LogP contribution in [0, 0.1) is 5.92 Å². The predicted octanol–water partition coefficient (Wildman–Crippen LogP) is 3.82. The third-order valence-electron chi connectivity index (χ3n) is 5.14. The summed E-state index contributed by atoms with van der Waals surface area (Å²) in [6.45, 7) is 4.30. The van der Waals surface area contributed by atoms with Crippen LogP contribution >= 0.6 is 0 Å². The predicted molar refractivity (Wildman–Crippen MR) is 112 cm³/mol. The van der Waals surface area contributed by atoms with Crippen molar-refractivity contribution in [1.82, 2.24) is 10.0 Å². The fourth-order valence-corrected chi connectivity index (χ4v) is 4.08. The number of aryl methyl sites for hydroxylation is 1. The Kier molecular flexibility index (Phi) is 8.20. The molecule has 5 nitrogen and oxygen atoms in total. The van der Waals surface area contributed by atoms with E-state index in [0.717, 1.165) is 24.0 Å². The second-order valence-electron chi connectivity index (χ2n) is 6.88. The summed E-state index contributed by atoms with van der Waals surface area (Å²) in [7, 11) is -2.05. The fraction of sp³-hybridized carbons (Fsp3) is 0.409. The Labute approximate surface area is 168 Å². The van der Waals surface area contributed by atoms with Crippen molar-refractivity contribution in [2.45, 2.75) is 50.5 Å². The summed E-state index contributed by atoms with van der Waals surface area (Å²) >= 11 is 0. The maximum atomic E-state index is 12.6. The normalized spacial score (nSPS) is 12.7. The van der Waals surface area contributed by atoms with Crippen molar-refractivity contribution in [1.29, 1.82) is 0 Å². The molecule has 2 aromatic rings. The summed E-state index contributed by atoms with van der Waals surface area (Å²) in [5.41, 5.74) is 2.06. The van der Waals surface area contributed by atoms with Gasteiger partial charge in [0.1, 0.15) is 0 Å². The second kappa shape index (κ2) is 10.4. The van der Waals surface area contributed by atoms with Gasteiger partial charge < -0.3 is 5.32 Å². The molecule has 1 amide bonds. The van der Waals surface area contributed by atoms with Gasteiger partial charge in [-0.1, -0.05) is 69.2 Å². The molecule has 0 aliphatic rings. The Balaban J connectivity index is 2.01. The van der Waals surface area contributed by atoms with E-state index in [1.54, 1.807) is 24.3 Å². The van der Waals surface area contributed by atoms with Crippen molar-refractivity contribution in [3.05, 3.63) is 65.7 Å². The average molecular weight is 403 g/mol. The highest BCUT2D eigenvalue weighted by molar-refractivity contribution is 7.89. The van der Waals surface area contributed by atoms with Gasteiger partial charge in [-0.3, -0.25) is 4.79 Å². The van der Waals surface area contributed by atoms with E-state index in [-0.39, 0.29) is 16.8 Å². The van der Waals surface area contributed by atoms with E-state index < -0.39 is 10.0 Å². The first-order valence-electron chi connectivity index (χ1n) is 9.78. The molecule has 0 aromatic heterocycles. The van der Waals surface area contributed by atoms with Gasteiger partial charge in [0.2, 0.25) is 15.9 Å². The number of hydrogen-bond acceptors (Lipinski definition) is 3. The van der Waals surface area contributed by atoms with Crippen LogP contribution in [0.1, 0.15) is 50.3 Å². The van der Waals surface area contributed by atoms with Crippen molar-refractivity contribution >= 4 is 15.9 Å². The van der Waals surface area contributed by atoms with Crippen LogP contribution in [0.2, 0.25) is 0 Å². The van der Waals surface area contributed by atoms with Crippen molar-refractivity contribution in [3.8, 4) is 0 Å². The standard InChI is InChI=1S/C22H30N2O3S/c1-4-18(5-2)22(19-9-7-6-8-10-19)24-21(25)16-13-17-11-14-20(15-12-17)28(26,27)23-3/h6-12,14-15,18,22-23H,4-5,13,16H2,1-3H3,(H,24,25). The number of rotatable bonds is 10. The minimum Gasteiger partial charge on any atom is -0.349 e. The van der Waals surface area contributed by atoms with E-state index >= 15 is 0 Å². The Hall–Kier alpha value is -2.18. The van der Waals surface area contributed by atoms with Crippen LogP contribution in [-0.2, 0) is 21.2 Å². The highest BCUT2D eigenvalue weighted by Crippen LogP contribution is 2.27. The number of sulfonamides is 1. The molecule has 1 atom stereocenters. The Morgan fingerprint density at radius 1 is 0.964 bits per heavy atom. The first-order chi connectivity index (χ1) is 13.4. The monoisotopic (exact) mass is 402 g/mol. The molecule has 28 heavy (non-hydrogen) atoms. The second-order valence-corrected chi connectivity index (χ2v) is 8.77. The third-order valence-corrected chi connectivity index (χ3v) is 6.57. The van der Waals surface area contributed by atoms with Crippen molar-refractivity contribution < 1.29 is 13.2 Å². The minimum atomic E-state index is -3.44. The van der Waals surface area contributed by atoms with Gasteiger partial charge in [-0.2, -0.15) is 0 Å². The molecule has 6 heteroatoms. The number of benzene rings is 2. The molecule has 0 aliphatic carbocycles. The van der Waals surface area contributed by atoms with E-state index in [1.165, 1.54) is 7.05 Å². The number of nitrogens with one attached hydrogen (secondary N) is 2. The van der Waals surface area contributed by atoms with Crippen LogP contribution in [0.15, 0.2) is 59.5 Å². The van der Waals surface area contributed by atoms with Crippen molar-refractivity contribution in [3.63, 3.8) is 0 Å². The van der Waals surface area contributed by atoms with Crippen LogP contribution in [0.25, 0.3) is 0 Å². The van der Waals surface area contributed by atoms with Gasteiger partial charge in [0.05, 0.1) is 10.9 Å². The summed E-state index contributed by atoms with van der Waals surface area (Å²) in [6, 6.07) is 16.7. The van der Waals surface area contributed by atoms with Crippen LogP contribution in [0.5, 0.6) is 0 Å². The van der Waals surface area contributed by atoms with E-state index in [1.807, 2.05) is 18.2 Å². The lowest BCUT2D eigenvalue weighted by Gasteiger charge is -2.27. The number of carbonyl (C=O) groups is 1. The van der Waals surface area contributed by atoms with E-state index in [9.17, 15) is 13.2 Å². The molecule has 0 fully saturated rings. The highest BCUT2D eigenvalue weighted by atomic mass is 32.2. The molecule has 0 bridgehead atoms. The van der Waals surface area contributed by atoms with Crippen LogP contribution in [0.4, 0.5) is 0 Å². The SMILES string of the molecule is CCC(CC)C(NC(=O)CCc1ccc(S(=O)(=O)NC)cc1)c1ccccc1. The Morgan fingerprint density at radius 2 is 1.57 bits per heavy atom. The van der Waals surface area contributed by atoms with Gasteiger partial charge in [-0.25, -0.2) is 13.1 Å². The lowest BCUT2D eigenvalue weighted by molar-refractivity contribution is -0.122. The maximum absolute atomic E-state index is 12.6. The van der Waals surface area contributed by atoms with E-state index in [0.29, 0.717) is 18.8 Å². The van der Waals surface area contributed by atoms with Gasteiger partial charge in [-0.05, 0) is 42.6 Å². The lowest BCUT2D eigenvalue weighted by atomic mass is 9.88. The van der Waals surface area contributed by atoms with E-state index in [4.69, 9.17) is 0 Å². The zero-order chi connectivity index (χ0) is 20.6. The van der Waals surface area contributed by atoms with Gasteiger partial charge in [0.15, 0.2) is 0 Å². The number of hydrogen-bond donors (Lipinski definition) is 2. The molecule has 152 valence electrons. The first kappa shape index (κ1) is 22.1. The molecule has 0 saturated carbocycles. The van der Waals surface area contributed by atoms with Gasteiger partial charge in [-0.15, -0.1) is 0 Å². The molecule has 0 aliphatic heterocycles. The Bertz CT molecular complexity index is 845.